The molecule has 2 aliphatic heterocycles. The minimum Gasteiger partial charge on any atom is -0.444 e. The average Bonchev–Trinajstić information content (AvgIpc) is 2.94. The Morgan fingerprint density at radius 1 is 1.00 bits per heavy atom. The van der Waals surface area contributed by atoms with E-state index < -0.39 is 90.9 Å². The molecule has 15 atom stereocenters. The number of likely N-dealkylation sites (N-methyl/N-ethyl adjacent to an activating group) is 1. The number of nitrogens with one attached hydrogen (secondary N) is 2. The van der Waals surface area contributed by atoms with Gasteiger partial charge in [-0.3, -0.25) is 0 Å². The second-order valence-corrected chi connectivity index (χ2v) is 14.0. The molecule has 0 bridgehead atoms. The number of rotatable bonds is 11. The standard InChI is InChI=1S/C30H56N2O13/c1-8-17-18(34)19(35)20(36)27(42-17)43-23-14(2)11-15(9-10-16(33)12-32-28(39)45-29(3,4)5)24(21(23)37)44-26-22(38)25(31-7)30(6,40)13-41-26/h14-27,31,33-38,40H,8-13H2,1-7H3,(H,32,39)/t14-,15+,16?,17+,18+,19-,20+,21-,22+,23?,24-,25+,26+,27+,30-/m0/s1. The Morgan fingerprint density at radius 3 is 2.24 bits per heavy atom. The molecule has 3 aliphatic rings. The van der Waals surface area contributed by atoms with Crippen LogP contribution < -0.4 is 10.6 Å². The lowest BCUT2D eigenvalue weighted by Crippen LogP contribution is -2.66. The molecular formula is C30H56N2O13. The largest absolute Gasteiger partial charge is 0.444 e. The van der Waals surface area contributed by atoms with E-state index in [1.165, 1.54) is 6.92 Å². The zero-order chi connectivity index (χ0) is 33.9. The van der Waals surface area contributed by atoms with E-state index in [0.29, 0.717) is 19.3 Å². The number of amides is 1. The second kappa shape index (κ2) is 15.8. The van der Waals surface area contributed by atoms with Gasteiger partial charge in [-0.1, -0.05) is 13.8 Å². The Morgan fingerprint density at radius 2 is 1.64 bits per heavy atom. The smallest absolute Gasteiger partial charge is 0.407 e. The van der Waals surface area contributed by atoms with Crippen LogP contribution in [0.2, 0.25) is 0 Å². The van der Waals surface area contributed by atoms with Gasteiger partial charge in [-0.15, -0.1) is 0 Å². The quantitative estimate of drug-likeness (QED) is 0.127. The van der Waals surface area contributed by atoms with Crippen LogP contribution >= 0.6 is 0 Å². The lowest BCUT2D eigenvalue weighted by molar-refractivity contribution is -0.338. The summed E-state index contributed by atoms with van der Waals surface area (Å²) in [6.07, 6.45) is -12.5. The summed E-state index contributed by atoms with van der Waals surface area (Å²) in [7, 11) is 1.59. The van der Waals surface area contributed by atoms with Gasteiger partial charge in [0.1, 0.15) is 41.7 Å². The number of carbonyl (C=O) groups excluding carboxylic acids is 1. The van der Waals surface area contributed by atoms with Gasteiger partial charge in [-0.25, -0.2) is 4.79 Å². The van der Waals surface area contributed by atoms with Gasteiger partial charge in [0, 0.05) is 6.54 Å². The number of hydrogen-bond donors (Lipinski definition) is 9. The predicted molar refractivity (Wildman–Crippen MR) is 159 cm³/mol. The highest BCUT2D eigenvalue weighted by Gasteiger charge is 2.52. The summed E-state index contributed by atoms with van der Waals surface area (Å²) in [6.45, 7) is 10.1. The molecule has 1 amide bonds. The van der Waals surface area contributed by atoms with Crippen LogP contribution in [0.25, 0.3) is 0 Å². The van der Waals surface area contributed by atoms with Crippen LogP contribution in [0.5, 0.6) is 0 Å². The van der Waals surface area contributed by atoms with Gasteiger partial charge in [0.05, 0.1) is 37.1 Å². The van der Waals surface area contributed by atoms with Crippen LogP contribution in [-0.2, 0) is 23.7 Å². The number of aliphatic hydroxyl groups excluding tert-OH is 6. The van der Waals surface area contributed by atoms with Crippen molar-refractivity contribution >= 4 is 6.09 Å². The van der Waals surface area contributed by atoms with E-state index >= 15 is 0 Å². The SMILES string of the molecule is CC[C@H]1O[C@H](OC2[C@@H](C)C[C@@H](CCC(O)CNC(=O)OC(C)(C)C)[C@H](O[C@H]3OC[C@](C)(O)[C@H](NC)[C@H]3O)[C@H]2O)[C@H](O)[C@@H](O)[C@@H]1O. The number of aliphatic hydroxyl groups is 7. The Hall–Kier alpha value is -1.21. The van der Waals surface area contributed by atoms with Crippen LogP contribution in [0.3, 0.4) is 0 Å². The van der Waals surface area contributed by atoms with Crippen molar-refractivity contribution in [3.05, 3.63) is 0 Å². The van der Waals surface area contributed by atoms with Crippen molar-refractivity contribution in [1.82, 2.24) is 10.6 Å². The molecule has 2 heterocycles. The molecule has 1 saturated carbocycles. The molecule has 0 radical (unpaired) electrons. The minimum absolute atomic E-state index is 0.0515. The van der Waals surface area contributed by atoms with Crippen LogP contribution in [0.15, 0.2) is 0 Å². The number of alkyl carbamates (subject to hydrolysis) is 1. The maximum Gasteiger partial charge on any atom is 0.407 e. The zero-order valence-corrected chi connectivity index (χ0v) is 27.4. The van der Waals surface area contributed by atoms with E-state index in [1.54, 1.807) is 34.7 Å². The first-order chi connectivity index (χ1) is 20.9. The van der Waals surface area contributed by atoms with Crippen LogP contribution in [0.4, 0.5) is 4.79 Å². The fourth-order valence-electron chi connectivity index (χ4n) is 6.50. The van der Waals surface area contributed by atoms with Crippen molar-refractivity contribution in [3.63, 3.8) is 0 Å². The highest BCUT2D eigenvalue weighted by Crippen LogP contribution is 2.40. The Bertz CT molecular complexity index is 934. The summed E-state index contributed by atoms with van der Waals surface area (Å²) in [6, 6.07) is -0.799. The minimum atomic E-state index is -1.57. The van der Waals surface area contributed by atoms with Gasteiger partial charge in [0.2, 0.25) is 0 Å². The monoisotopic (exact) mass is 652 g/mol. The lowest BCUT2D eigenvalue weighted by Gasteiger charge is -2.49. The molecule has 15 nitrogen and oxygen atoms in total. The van der Waals surface area contributed by atoms with E-state index in [1.807, 2.05) is 6.92 Å². The molecule has 2 unspecified atom stereocenters. The molecule has 0 aromatic heterocycles. The summed E-state index contributed by atoms with van der Waals surface area (Å²) >= 11 is 0. The van der Waals surface area contributed by atoms with E-state index in [0.717, 1.165) is 0 Å². The highest BCUT2D eigenvalue weighted by molar-refractivity contribution is 5.67. The fourth-order valence-corrected chi connectivity index (χ4v) is 6.50. The number of carbonyl (C=O) groups is 1. The summed E-state index contributed by atoms with van der Waals surface area (Å²) in [4.78, 5) is 12.0. The number of hydrogen-bond acceptors (Lipinski definition) is 14. The summed E-state index contributed by atoms with van der Waals surface area (Å²) in [5.41, 5.74) is -2.08. The first-order valence-electron chi connectivity index (χ1n) is 15.9. The van der Waals surface area contributed by atoms with Crippen molar-refractivity contribution in [1.29, 1.82) is 0 Å². The normalized spacial score (nSPS) is 43.5. The molecule has 0 aromatic rings. The predicted octanol–water partition coefficient (Wildman–Crippen LogP) is -1.29. The first kappa shape index (κ1) is 38.2. The zero-order valence-electron chi connectivity index (χ0n) is 27.4. The highest BCUT2D eigenvalue weighted by atomic mass is 16.7. The maximum absolute atomic E-state index is 12.0. The van der Waals surface area contributed by atoms with Gasteiger partial charge >= 0.3 is 6.09 Å². The van der Waals surface area contributed by atoms with Crippen molar-refractivity contribution in [2.24, 2.45) is 11.8 Å². The molecular weight excluding hydrogens is 596 g/mol. The molecule has 3 fully saturated rings. The third-order valence-corrected chi connectivity index (χ3v) is 8.92. The topological polar surface area (TPSA) is 229 Å². The molecule has 45 heavy (non-hydrogen) atoms. The fraction of sp³-hybridized carbons (Fsp3) is 0.967. The molecule has 2 saturated heterocycles. The summed E-state index contributed by atoms with van der Waals surface area (Å²) < 4.78 is 29.0. The Kier molecular flexibility index (Phi) is 13.4. The van der Waals surface area contributed by atoms with Crippen molar-refractivity contribution in [3.8, 4) is 0 Å². The number of ether oxygens (including phenoxy) is 5. The van der Waals surface area contributed by atoms with E-state index in [2.05, 4.69) is 10.6 Å². The van der Waals surface area contributed by atoms with Gasteiger partial charge in [-0.2, -0.15) is 0 Å². The maximum atomic E-state index is 12.0. The van der Waals surface area contributed by atoms with Gasteiger partial charge in [0.15, 0.2) is 12.6 Å². The summed E-state index contributed by atoms with van der Waals surface area (Å²) in [5, 5.41) is 80.7. The molecule has 15 heteroatoms. The molecule has 264 valence electrons. The molecule has 0 aromatic carbocycles. The first-order valence-corrected chi connectivity index (χ1v) is 15.9. The summed E-state index contributed by atoms with van der Waals surface area (Å²) in [5.74, 6) is -0.685. The second-order valence-electron chi connectivity index (χ2n) is 14.0. The molecule has 0 spiro atoms. The van der Waals surface area contributed by atoms with Crippen molar-refractivity contribution < 1.29 is 64.2 Å². The average molecular weight is 653 g/mol. The lowest BCUT2D eigenvalue weighted by atomic mass is 9.74. The van der Waals surface area contributed by atoms with Crippen LogP contribution in [0, 0.1) is 11.8 Å². The van der Waals surface area contributed by atoms with Crippen molar-refractivity contribution in [2.75, 3.05) is 20.2 Å². The van der Waals surface area contributed by atoms with Crippen LogP contribution in [-0.4, -0.2) is 147 Å². The van der Waals surface area contributed by atoms with Gasteiger partial charge < -0.3 is 70.1 Å². The van der Waals surface area contributed by atoms with Gasteiger partial charge in [-0.05, 0) is 72.3 Å². The van der Waals surface area contributed by atoms with E-state index in [4.69, 9.17) is 23.7 Å². The van der Waals surface area contributed by atoms with E-state index in [-0.39, 0.29) is 31.4 Å². The third kappa shape index (κ3) is 9.67. The third-order valence-electron chi connectivity index (χ3n) is 8.92. The molecule has 9 N–H and O–H groups in total. The van der Waals surface area contributed by atoms with Crippen molar-refractivity contribution in [2.45, 2.75) is 152 Å². The molecule has 3 rings (SSSR count). The van der Waals surface area contributed by atoms with E-state index in [9.17, 15) is 40.5 Å². The Labute approximate surface area is 265 Å². The Balaban J connectivity index is 1.76. The molecule has 1 aliphatic carbocycles. The van der Waals surface area contributed by atoms with Crippen LogP contribution in [0.1, 0.15) is 67.2 Å². The van der Waals surface area contributed by atoms with Gasteiger partial charge in [0.25, 0.3) is 0 Å².